The molecule has 1 fully saturated rings. The number of nitrogens with zero attached hydrogens (tertiary/aromatic N) is 7. The van der Waals surface area contributed by atoms with E-state index in [-0.39, 0.29) is 0 Å². The molecule has 9 heteroatoms. The van der Waals surface area contributed by atoms with E-state index in [0.717, 1.165) is 62.2 Å². The molecule has 30 heavy (non-hydrogen) atoms. The molecule has 0 amide bonds. The summed E-state index contributed by atoms with van der Waals surface area (Å²) in [4.78, 5) is 18.6. The van der Waals surface area contributed by atoms with Crippen LogP contribution in [-0.2, 0) is 0 Å². The Morgan fingerprint density at radius 1 is 1.17 bits per heavy atom. The van der Waals surface area contributed by atoms with Crippen LogP contribution in [0.3, 0.4) is 0 Å². The standard InChI is InChI=1S/C21H29N9/c1-22-16-5-8-29(9-6-16)19-4-3-17(12-24-19)27-20-21-25-13-18(30(21)10-7-23-20)15-11-26-28(2)14-15/h3-4,7,10-12,15-16,18,22H,5-6,8-9,13-14H2,1-2H3,(H,23,27). The second-order valence-electron chi connectivity index (χ2n) is 8.26. The summed E-state index contributed by atoms with van der Waals surface area (Å²) < 4.78 is 0. The molecular weight excluding hydrogens is 378 g/mol. The van der Waals surface area contributed by atoms with Crippen molar-refractivity contribution >= 4 is 29.4 Å². The number of pyridine rings is 1. The Morgan fingerprint density at radius 3 is 2.73 bits per heavy atom. The van der Waals surface area contributed by atoms with E-state index in [1.165, 1.54) is 0 Å². The van der Waals surface area contributed by atoms with Gasteiger partial charge < -0.3 is 20.4 Å². The third kappa shape index (κ3) is 3.65. The van der Waals surface area contributed by atoms with Crippen LogP contribution in [0.15, 0.2) is 45.8 Å². The number of fused-ring (bicyclic) bond motifs is 1. The quantitative estimate of drug-likeness (QED) is 0.780. The minimum atomic E-state index is 0.290. The number of hydrogen-bond donors (Lipinski definition) is 2. The lowest BCUT2D eigenvalue weighted by Gasteiger charge is -2.32. The van der Waals surface area contributed by atoms with E-state index in [4.69, 9.17) is 4.99 Å². The highest BCUT2D eigenvalue weighted by atomic mass is 15.5. The lowest BCUT2D eigenvalue weighted by Crippen LogP contribution is -2.45. The van der Waals surface area contributed by atoms with Crippen LogP contribution >= 0.6 is 0 Å². The zero-order valence-electron chi connectivity index (χ0n) is 17.6. The smallest absolute Gasteiger partial charge is 0.173 e. The van der Waals surface area contributed by atoms with Crippen molar-refractivity contribution in [2.45, 2.75) is 24.9 Å². The summed E-state index contributed by atoms with van der Waals surface area (Å²) in [5, 5.41) is 13.2. The van der Waals surface area contributed by atoms with Gasteiger partial charge in [-0.2, -0.15) is 5.10 Å². The van der Waals surface area contributed by atoms with Crippen LogP contribution in [0.5, 0.6) is 0 Å². The van der Waals surface area contributed by atoms with E-state index in [0.29, 0.717) is 18.0 Å². The Hall–Kier alpha value is -2.94. The maximum atomic E-state index is 4.78. The summed E-state index contributed by atoms with van der Waals surface area (Å²) in [5.74, 6) is 3.06. The molecule has 1 aromatic rings. The van der Waals surface area contributed by atoms with Gasteiger partial charge in [-0.25, -0.2) is 9.98 Å². The van der Waals surface area contributed by atoms with Crippen LogP contribution < -0.4 is 15.5 Å². The average molecular weight is 408 g/mol. The molecule has 2 unspecified atom stereocenters. The fraction of sp³-hybridized carbons (Fsp3) is 0.524. The van der Waals surface area contributed by atoms with E-state index in [1.54, 1.807) is 0 Å². The molecular formula is C21H29N9. The average Bonchev–Trinajstić information content (AvgIpc) is 3.41. The maximum Gasteiger partial charge on any atom is 0.173 e. The first-order chi connectivity index (χ1) is 14.7. The van der Waals surface area contributed by atoms with E-state index in [2.05, 4.69) is 47.6 Å². The van der Waals surface area contributed by atoms with Crippen molar-refractivity contribution in [1.29, 1.82) is 0 Å². The minimum absolute atomic E-state index is 0.290. The molecule has 158 valence electrons. The molecule has 5 rings (SSSR count). The molecule has 0 aromatic carbocycles. The molecule has 2 N–H and O–H groups in total. The van der Waals surface area contributed by atoms with Gasteiger partial charge in [0.15, 0.2) is 11.7 Å². The molecule has 9 nitrogen and oxygen atoms in total. The molecule has 4 aliphatic rings. The number of anilines is 2. The highest BCUT2D eigenvalue weighted by Crippen LogP contribution is 2.25. The van der Waals surface area contributed by atoms with Gasteiger partial charge in [-0.1, -0.05) is 0 Å². The minimum Gasteiger partial charge on any atom is -0.357 e. The number of piperidine rings is 1. The summed E-state index contributed by atoms with van der Waals surface area (Å²) in [6, 6.07) is 5.07. The van der Waals surface area contributed by atoms with Crippen molar-refractivity contribution in [1.82, 2.24) is 20.2 Å². The third-order valence-corrected chi connectivity index (χ3v) is 6.34. The molecule has 0 bridgehead atoms. The van der Waals surface area contributed by atoms with Gasteiger partial charge in [-0.15, -0.1) is 0 Å². The van der Waals surface area contributed by atoms with Gasteiger partial charge in [-0.05, 0) is 32.0 Å². The zero-order valence-corrected chi connectivity index (χ0v) is 17.6. The van der Waals surface area contributed by atoms with E-state index in [1.807, 2.05) is 43.9 Å². The highest BCUT2D eigenvalue weighted by Gasteiger charge is 2.37. The topological polar surface area (TPSA) is 83.8 Å². The molecule has 0 saturated carbocycles. The number of amidine groups is 2. The number of rotatable bonds is 4. The predicted molar refractivity (Wildman–Crippen MR) is 121 cm³/mol. The van der Waals surface area contributed by atoms with Crippen LogP contribution in [0.2, 0.25) is 0 Å². The summed E-state index contributed by atoms with van der Waals surface area (Å²) >= 11 is 0. The Bertz CT molecular complexity index is 880. The summed E-state index contributed by atoms with van der Waals surface area (Å²) in [6.45, 7) is 3.75. The molecule has 4 aliphatic heterocycles. The first kappa shape index (κ1) is 19.0. The van der Waals surface area contributed by atoms with Crippen molar-refractivity contribution < 1.29 is 0 Å². The second-order valence-corrected chi connectivity index (χ2v) is 8.26. The fourth-order valence-corrected chi connectivity index (χ4v) is 4.55. The van der Waals surface area contributed by atoms with E-state index in [9.17, 15) is 0 Å². The molecule has 0 spiro atoms. The number of hydrazone groups is 1. The van der Waals surface area contributed by atoms with Crippen LogP contribution in [0.4, 0.5) is 11.5 Å². The number of hydrogen-bond acceptors (Lipinski definition) is 9. The van der Waals surface area contributed by atoms with Gasteiger partial charge in [0.1, 0.15) is 5.82 Å². The van der Waals surface area contributed by atoms with Crippen LogP contribution in [0.25, 0.3) is 0 Å². The summed E-state index contributed by atoms with van der Waals surface area (Å²) in [7, 11) is 4.05. The molecule has 0 aliphatic carbocycles. The van der Waals surface area contributed by atoms with Gasteiger partial charge in [0.05, 0.1) is 24.5 Å². The molecule has 2 atom stereocenters. The Kier molecular flexibility index (Phi) is 5.12. The largest absolute Gasteiger partial charge is 0.357 e. The van der Waals surface area contributed by atoms with Crippen molar-refractivity contribution in [3.05, 3.63) is 30.7 Å². The van der Waals surface area contributed by atoms with E-state index < -0.39 is 0 Å². The van der Waals surface area contributed by atoms with Crippen molar-refractivity contribution in [2.75, 3.05) is 50.5 Å². The van der Waals surface area contributed by atoms with Gasteiger partial charge in [0, 0.05) is 57.3 Å². The lowest BCUT2D eigenvalue weighted by atomic mass is 10.0. The first-order valence-corrected chi connectivity index (χ1v) is 10.7. The van der Waals surface area contributed by atoms with Gasteiger partial charge in [0.2, 0.25) is 0 Å². The van der Waals surface area contributed by atoms with E-state index >= 15 is 0 Å². The molecule has 1 aromatic heterocycles. The monoisotopic (exact) mass is 407 g/mol. The predicted octanol–water partition coefficient (Wildman–Crippen LogP) is 1.20. The van der Waals surface area contributed by atoms with Gasteiger partial charge >= 0.3 is 0 Å². The normalized spacial score (nSPS) is 26.1. The molecule has 1 saturated heterocycles. The van der Waals surface area contributed by atoms with Crippen molar-refractivity contribution in [3.63, 3.8) is 0 Å². The SMILES string of the molecule is CNC1CCN(c2ccc(NC3=NC=CN4C3=NCC4C3C=NN(C)C3)cn2)CC1. The second kappa shape index (κ2) is 8.06. The number of aromatic nitrogens is 1. The van der Waals surface area contributed by atoms with Crippen molar-refractivity contribution in [3.8, 4) is 0 Å². The van der Waals surface area contributed by atoms with Crippen LogP contribution in [0.1, 0.15) is 12.8 Å². The number of nitrogens with one attached hydrogen (secondary N) is 2. The molecule has 0 radical (unpaired) electrons. The fourth-order valence-electron chi connectivity index (χ4n) is 4.55. The first-order valence-electron chi connectivity index (χ1n) is 10.7. The Labute approximate surface area is 177 Å². The van der Waals surface area contributed by atoms with Crippen LogP contribution in [-0.4, -0.2) is 85.1 Å². The maximum absolute atomic E-state index is 4.78. The summed E-state index contributed by atoms with van der Waals surface area (Å²) in [5.41, 5.74) is 0.922. The highest BCUT2D eigenvalue weighted by molar-refractivity contribution is 6.45. The Morgan fingerprint density at radius 2 is 2.03 bits per heavy atom. The number of aliphatic imine (C=N–C) groups is 2. The Balaban J connectivity index is 1.23. The lowest BCUT2D eigenvalue weighted by molar-refractivity contribution is 0.299. The zero-order chi connectivity index (χ0) is 20.5. The van der Waals surface area contributed by atoms with Crippen LogP contribution in [0, 0.1) is 5.92 Å². The van der Waals surface area contributed by atoms with Crippen molar-refractivity contribution in [2.24, 2.45) is 21.0 Å². The molecule has 5 heterocycles. The summed E-state index contributed by atoms with van der Waals surface area (Å²) in [6.07, 6.45) is 10.1. The third-order valence-electron chi connectivity index (χ3n) is 6.34. The van der Waals surface area contributed by atoms with Gasteiger partial charge in [-0.3, -0.25) is 10.0 Å². The van der Waals surface area contributed by atoms with Gasteiger partial charge in [0.25, 0.3) is 0 Å².